The highest BCUT2D eigenvalue weighted by molar-refractivity contribution is 5.93. The van der Waals surface area contributed by atoms with Crippen LogP contribution in [-0.4, -0.2) is 33.1 Å². The molecule has 0 saturated carbocycles. The maximum Gasteiger partial charge on any atom is 0.271 e. The number of amides is 1. The molecule has 2 N–H and O–H groups in total. The smallest absolute Gasteiger partial charge is 0.271 e. The molecular weight excluding hydrogens is 230 g/mol. The van der Waals surface area contributed by atoms with Crippen molar-refractivity contribution in [2.24, 2.45) is 0 Å². The number of para-hydroxylation sites is 2. The van der Waals surface area contributed by atoms with E-state index in [9.17, 15) is 9.90 Å². The molecule has 1 heterocycles. The summed E-state index contributed by atoms with van der Waals surface area (Å²) >= 11 is 0. The number of carbonyl (C=O) groups is 1. The van der Waals surface area contributed by atoms with Gasteiger partial charge >= 0.3 is 0 Å². The predicted molar refractivity (Wildman–Crippen MR) is 68.2 cm³/mol. The largest absolute Gasteiger partial charge is 0.389 e. The van der Waals surface area contributed by atoms with E-state index in [-0.39, 0.29) is 18.1 Å². The number of hydrogen-bond donors (Lipinski definition) is 2. The minimum atomic E-state index is -0.945. The summed E-state index contributed by atoms with van der Waals surface area (Å²) in [7, 11) is 0. The van der Waals surface area contributed by atoms with Gasteiger partial charge in [-0.2, -0.15) is 0 Å². The van der Waals surface area contributed by atoms with Crippen LogP contribution in [0.2, 0.25) is 0 Å². The summed E-state index contributed by atoms with van der Waals surface area (Å²) in [6.07, 6.45) is 1.43. The van der Waals surface area contributed by atoms with Crippen LogP contribution in [0.3, 0.4) is 0 Å². The topological polar surface area (TPSA) is 75.1 Å². The van der Waals surface area contributed by atoms with E-state index in [4.69, 9.17) is 0 Å². The molecule has 2 rings (SSSR count). The van der Waals surface area contributed by atoms with Crippen LogP contribution in [0, 0.1) is 0 Å². The van der Waals surface area contributed by atoms with E-state index in [1.165, 1.54) is 6.20 Å². The van der Waals surface area contributed by atoms with Gasteiger partial charge in [0.25, 0.3) is 5.91 Å². The Bertz CT molecular complexity index is 576. The summed E-state index contributed by atoms with van der Waals surface area (Å²) in [4.78, 5) is 20.2. The molecule has 2 aromatic rings. The molecule has 0 bridgehead atoms. The van der Waals surface area contributed by atoms with Gasteiger partial charge in [-0.25, -0.2) is 4.98 Å². The quantitative estimate of drug-likeness (QED) is 0.850. The first-order valence-electron chi connectivity index (χ1n) is 5.68. The zero-order chi connectivity index (χ0) is 13.2. The van der Waals surface area contributed by atoms with Crippen LogP contribution in [0.4, 0.5) is 0 Å². The molecule has 0 saturated heterocycles. The molecule has 1 amide bonds. The van der Waals surface area contributed by atoms with E-state index in [2.05, 4.69) is 15.3 Å². The molecule has 0 unspecified atom stereocenters. The average molecular weight is 245 g/mol. The second-order valence-corrected chi connectivity index (χ2v) is 4.74. The van der Waals surface area contributed by atoms with Crippen molar-refractivity contribution in [3.8, 4) is 0 Å². The van der Waals surface area contributed by atoms with Crippen LogP contribution in [0.1, 0.15) is 24.3 Å². The van der Waals surface area contributed by atoms with Crippen LogP contribution in [0.5, 0.6) is 0 Å². The Kier molecular flexibility index (Phi) is 3.25. The van der Waals surface area contributed by atoms with Crippen molar-refractivity contribution in [2.45, 2.75) is 19.4 Å². The Labute approximate surface area is 105 Å². The zero-order valence-electron chi connectivity index (χ0n) is 10.3. The summed E-state index contributed by atoms with van der Waals surface area (Å²) in [5, 5.41) is 12.1. The highest BCUT2D eigenvalue weighted by Gasteiger charge is 2.15. The number of rotatable bonds is 3. The lowest BCUT2D eigenvalue weighted by atomic mass is 10.1. The van der Waals surface area contributed by atoms with Crippen LogP contribution in [0.15, 0.2) is 30.5 Å². The highest BCUT2D eigenvalue weighted by Crippen LogP contribution is 2.08. The van der Waals surface area contributed by atoms with Crippen molar-refractivity contribution < 1.29 is 9.90 Å². The van der Waals surface area contributed by atoms with Crippen molar-refractivity contribution in [3.63, 3.8) is 0 Å². The lowest BCUT2D eigenvalue weighted by Crippen LogP contribution is -2.38. The fourth-order valence-corrected chi connectivity index (χ4v) is 1.45. The Morgan fingerprint density at radius 3 is 2.67 bits per heavy atom. The number of fused-ring (bicyclic) bond motifs is 1. The molecule has 5 heteroatoms. The van der Waals surface area contributed by atoms with Gasteiger partial charge in [0.2, 0.25) is 0 Å². The minimum Gasteiger partial charge on any atom is -0.389 e. The van der Waals surface area contributed by atoms with Gasteiger partial charge in [0.05, 0.1) is 22.8 Å². The minimum absolute atomic E-state index is 0.167. The molecule has 0 spiro atoms. The number of aliphatic hydroxyl groups is 1. The van der Waals surface area contributed by atoms with Crippen molar-refractivity contribution >= 4 is 16.9 Å². The molecular formula is C13H15N3O2. The number of nitrogens with one attached hydrogen (secondary N) is 1. The number of hydrogen-bond acceptors (Lipinski definition) is 4. The Hall–Kier alpha value is -2.01. The molecule has 0 aliphatic heterocycles. The molecule has 1 aromatic carbocycles. The van der Waals surface area contributed by atoms with Gasteiger partial charge in [-0.3, -0.25) is 9.78 Å². The average Bonchev–Trinajstić information content (AvgIpc) is 2.34. The van der Waals surface area contributed by atoms with Crippen LogP contribution >= 0.6 is 0 Å². The van der Waals surface area contributed by atoms with Crippen LogP contribution in [0.25, 0.3) is 11.0 Å². The summed E-state index contributed by atoms with van der Waals surface area (Å²) < 4.78 is 0. The first kappa shape index (κ1) is 12.4. The van der Waals surface area contributed by atoms with Crippen molar-refractivity contribution in [1.82, 2.24) is 15.3 Å². The first-order valence-corrected chi connectivity index (χ1v) is 5.68. The molecule has 0 radical (unpaired) electrons. The lowest BCUT2D eigenvalue weighted by Gasteiger charge is -2.17. The summed E-state index contributed by atoms with van der Waals surface area (Å²) in [5.74, 6) is -0.338. The van der Waals surface area contributed by atoms with Gasteiger partial charge in [-0.1, -0.05) is 12.1 Å². The molecule has 5 nitrogen and oxygen atoms in total. The Morgan fingerprint density at radius 1 is 1.33 bits per heavy atom. The SMILES string of the molecule is CC(C)(O)CNC(=O)c1cnc2ccccc2n1. The second-order valence-electron chi connectivity index (χ2n) is 4.74. The van der Waals surface area contributed by atoms with E-state index in [1.807, 2.05) is 18.2 Å². The van der Waals surface area contributed by atoms with Gasteiger partial charge in [-0.05, 0) is 26.0 Å². The maximum atomic E-state index is 11.8. The van der Waals surface area contributed by atoms with Gasteiger partial charge in [0.15, 0.2) is 0 Å². The molecule has 18 heavy (non-hydrogen) atoms. The monoisotopic (exact) mass is 245 g/mol. The van der Waals surface area contributed by atoms with E-state index < -0.39 is 5.60 Å². The molecule has 0 aliphatic carbocycles. The van der Waals surface area contributed by atoms with Crippen molar-refractivity contribution in [1.29, 1.82) is 0 Å². The van der Waals surface area contributed by atoms with Crippen LogP contribution in [-0.2, 0) is 0 Å². The van der Waals surface area contributed by atoms with Crippen molar-refractivity contribution in [3.05, 3.63) is 36.2 Å². The van der Waals surface area contributed by atoms with Crippen LogP contribution < -0.4 is 5.32 Å². The first-order chi connectivity index (χ1) is 8.46. The lowest BCUT2D eigenvalue weighted by molar-refractivity contribution is 0.0692. The van der Waals surface area contributed by atoms with Crippen molar-refractivity contribution in [2.75, 3.05) is 6.54 Å². The molecule has 1 aromatic heterocycles. The number of carbonyl (C=O) groups excluding carboxylic acids is 1. The molecule has 0 aliphatic rings. The maximum absolute atomic E-state index is 11.8. The Morgan fingerprint density at radius 2 is 2.00 bits per heavy atom. The summed E-state index contributed by atoms with van der Waals surface area (Å²) in [6.45, 7) is 3.42. The normalized spacial score (nSPS) is 11.5. The zero-order valence-corrected chi connectivity index (χ0v) is 10.3. The third-order valence-electron chi connectivity index (χ3n) is 2.36. The summed E-state index contributed by atoms with van der Waals surface area (Å²) in [6, 6.07) is 7.34. The van der Waals surface area contributed by atoms with Gasteiger partial charge in [0, 0.05) is 6.54 Å². The number of benzene rings is 1. The third kappa shape index (κ3) is 3.01. The fraction of sp³-hybridized carbons (Fsp3) is 0.308. The standard InChI is InChI=1S/C13H15N3O2/c1-13(2,18)8-15-12(17)11-7-14-9-5-3-4-6-10(9)16-11/h3-7,18H,8H2,1-2H3,(H,15,17). The van der Waals surface area contributed by atoms with E-state index in [0.29, 0.717) is 5.52 Å². The molecule has 0 atom stereocenters. The fourth-order valence-electron chi connectivity index (χ4n) is 1.45. The number of nitrogens with zero attached hydrogens (tertiary/aromatic N) is 2. The Balaban J connectivity index is 2.18. The van der Waals surface area contributed by atoms with E-state index in [1.54, 1.807) is 19.9 Å². The number of aromatic nitrogens is 2. The molecule has 0 fully saturated rings. The van der Waals surface area contributed by atoms with E-state index >= 15 is 0 Å². The van der Waals surface area contributed by atoms with Gasteiger partial charge in [-0.15, -0.1) is 0 Å². The van der Waals surface area contributed by atoms with Gasteiger partial charge < -0.3 is 10.4 Å². The third-order valence-corrected chi connectivity index (χ3v) is 2.36. The second kappa shape index (κ2) is 4.70. The highest BCUT2D eigenvalue weighted by atomic mass is 16.3. The van der Waals surface area contributed by atoms with E-state index in [0.717, 1.165) is 5.52 Å². The predicted octanol–water partition coefficient (Wildman–Crippen LogP) is 1.13. The summed E-state index contributed by atoms with van der Waals surface area (Å²) in [5.41, 5.74) is 0.725. The van der Waals surface area contributed by atoms with Gasteiger partial charge in [0.1, 0.15) is 5.69 Å². The molecule has 94 valence electrons.